The highest BCUT2D eigenvalue weighted by atomic mass is 16.6. The highest BCUT2D eigenvalue weighted by molar-refractivity contribution is 5.92. The number of piperidine rings is 1. The maximum absolute atomic E-state index is 13.2. The SMILES string of the molecule is CC[C@@]12CCCN3CC[C@]4(c5ccc(OC)cc5N(C)[C@@H]4[C@@](O)(CNC(=O)c4ccccn4)[C@@H]1OC(C)=O)[C@H]32. The van der Waals surface area contributed by atoms with Gasteiger partial charge >= 0.3 is 5.97 Å². The van der Waals surface area contributed by atoms with E-state index in [0.717, 1.165) is 50.2 Å². The highest BCUT2D eigenvalue weighted by Gasteiger charge is 2.78. The Morgan fingerprint density at radius 1 is 1.18 bits per heavy atom. The van der Waals surface area contributed by atoms with Crippen LogP contribution in [-0.2, 0) is 14.9 Å². The summed E-state index contributed by atoms with van der Waals surface area (Å²) < 4.78 is 11.8. The number of fused-ring (bicyclic) bond motifs is 1. The van der Waals surface area contributed by atoms with Gasteiger partial charge in [-0.05, 0) is 62.5 Å². The zero-order chi connectivity index (χ0) is 27.6. The molecule has 0 unspecified atom stereocenters. The summed E-state index contributed by atoms with van der Waals surface area (Å²) in [7, 11) is 3.65. The van der Waals surface area contributed by atoms with Gasteiger partial charge in [-0.2, -0.15) is 0 Å². The zero-order valence-electron chi connectivity index (χ0n) is 23.1. The van der Waals surface area contributed by atoms with Gasteiger partial charge < -0.3 is 24.8 Å². The second kappa shape index (κ2) is 9.20. The van der Waals surface area contributed by atoms with Gasteiger partial charge in [0.25, 0.3) is 5.91 Å². The Morgan fingerprint density at radius 3 is 2.69 bits per heavy atom. The number of hydrogen-bond donors (Lipinski definition) is 2. The van der Waals surface area contributed by atoms with E-state index >= 15 is 0 Å². The third-order valence-corrected chi connectivity index (χ3v) is 10.1. The molecule has 39 heavy (non-hydrogen) atoms. The van der Waals surface area contributed by atoms with E-state index in [1.807, 2.05) is 19.2 Å². The first-order valence-electron chi connectivity index (χ1n) is 14.0. The smallest absolute Gasteiger partial charge is 0.303 e. The van der Waals surface area contributed by atoms with Gasteiger partial charge in [-0.3, -0.25) is 19.5 Å². The molecule has 9 nitrogen and oxygen atoms in total. The Morgan fingerprint density at radius 2 is 2.00 bits per heavy atom. The fourth-order valence-electron chi connectivity index (χ4n) is 8.95. The molecule has 208 valence electrons. The summed E-state index contributed by atoms with van der Waals surface area (Å²) in [4.78, 5) is 34.8. The average Bonchev–Trinajstić information content (AvgIpc) is 3.46. The molecule has 2 aromatic rings. The lowest BCUT2D eigenvalue weighted by molar-refractivity contribution is -0.235. The van der Waals surface area contributed by atoms with E-state index in [-0.39, 0.29) is 24.2 Å². The summed E-state index contributed by atoms with van der Waals surface area (Å²) in [5.74, 6) is -0.0481. The van der Waals surface area contributed by atoms with Crippen molar-refractivity contribution >= 4 is 17.6 Å². The summed E-state index contributed by atoms with van der Waals surface area (Å²) in [6.45, 7) is 5.37. The minimum absolute atomic E-state index is 0.0727. The normalized spacial score (nSPS) is 34.6. The maximum Gasteiger partial charge on any atom is 0.303 e. The van der Waals surface area contributed by atoms with Crippen LogP contribution in [-0.4, -0.2) is 84.4 Å². The number of esters is 1. The molecule has 1 aromatic carbocycles. The summed E-state index contributed by atoms with van der Waals surface area (Å²) >= 11 is 0. The molecule has 3 aliphatic heterocycles. The second-order valence-electron chi connectivity index (χ2n) is 11.7. The topological polar surface area (TPSA) is 104 Å². The number of benzene rings is 1. The number of aliphatic hydroxyl groups is 1. The number of carbonyl (C=O) groups is 2. The number of ether oxygens (including phenoxy) is 2. The Bertz CT molecular complexity index is 1290. The first-order chi connectivity index (χ1) is 18.7. The van der Waals surface area contributed by atoms with Crippen LogP contribution in [0, 0.1) is 5.41 Å². The van der Waals surface area contributed by atoms with E-state index in [1.54, 1.807) is 31.5 Å². The lowest BCUT2D eigenvalue weighted by Crippen LogP contribution is -2.81. The van der Waals surface area contributed by atoms with Crippen molar-refractivity contribution in [2.24, 2.45) is 5.41 Å². The lowest BCUT2D eigenvalue weighted by Gasteiger charge is -2.66. The molecule has 4 heterocycles. The van der Waals surface area contributed by atoms with E-state index in [2.05, 4.69) is 33.1 Å². The van der Waals surface area contributed by atoms with Crippen LogP contribution in [0.1, 0.15) is 55.6 Å². The molecule has 6 atom stereocenters. The van der Waals surface area contributed by atoms with Gasteiger partial charge in [0, 0.05) is 48.8 Å². The van der Waals surface area contributed by atoms with Crippen molar-refractivity contribution in [3.63, 3.8) is 0 Å². The number of pyridine rings is 1. The van der Waals surface area contributed by atoms with E-state index in [1.165, 1.54) is 12.5 Å². The number of nitrogens with one attached hydrogen (secondary N) is 1. The van der Waals surface area contributed by atoms with Crippen molar-refractivity contribution in [3.8, 4) is 5.75 Å². The molecule has 1 aliphatic carbocycles. The maximum atomic E-state index is 13.2. The van der Waals surface area contributed by atoms with Crippen LogP contribution in [0.2, 0.25) is 0 Å². The molecule has 2 N–H and O–H groups in total. The van der Waals surface area contributed by atoms with Crippen LogP contribution in [0.4, 0.5) is 5.69 Å². The van der Waals surface area contributed by atoms with Crippen molar-refractivity contribution in [2.75, 3.05) is 38.7 Å². The molecule has 1 aromatic heterocycles. The molecular weight excluding hydrogens is 496 g/mol. The summed E-state index contributed by atoms with van der Waals surface area (Å²) in [6, 6.07) is 11.0. The monoisotopic (exact) mass is 534 g/mol. The average molecular weight is 535 g/mol. The number of rotatable bonds is 6. The molecule has 9 heteroatoms. The van der Waals surface area contributed by atoms with E-state index < -0.39 is 34.5 Å². The van der Waals surface area contributed by atoms with Crippen molar-refractivity contribution in [1.82, 2.24) is 15.2 Å². The first kappa shape index (κ1) is 26.1. The standard InChI is InChI=1S/C30H38N4O5/c1-5-28-12-8-15-34-16-13-29(25(28)34)21-11-10-20(38-4)17-23(21)33(3)26(29)30(37,27(28)39-19(2)35)18-32-24(36)22-9-6-7-14-31-22/h6-7,9-11,14,17,25-27,37H,5,8,12-13,15-16,18H2,1-4H3,(H,32,36)/t25-,26+,27-,28+,29+,30+/m1/s1. The number of carbonyl (C=O) groups excluding carboxylic acids is 2. The van der Waals surface area contributed by atoms with Crippen LogP contribution < -0.4 is 15.0 Å². The number of amides is 1. The van der Waals surface area contributed by atoms with Crippen LogP contribution in [0.5, 0.6) is 5.75 Å². The van der Waals surface area contributed by atoms with Crippen LogP contribution >= 0.6 is 0 Å². The number of anilines is 1. The van der Waals surface area contributed by atoms with Crippen molar-refractivity contribution in [1.29, 1.82) is 0 Å². The summed E-state index contributed by atoms with van der Waals surface area (Å²) in [6.07, 6.45) is 4.18. The fraction of sp³-hybridized carbons (Fsp3) is 0.567. The largest absolute Gasteiger partial charge is 0.497 e. The van der Waals surface area contributed by atoms with E-state index in [9.17, 15) is 14.7 Å². The zero-order valence-corrected chi connectivity index (χ0v) is 23.1. The van der Waals surface area contributed by atoms with Gasteiger partial charge in [-0.1, -0.05) is 19.1 Å². The van der Waals surface area contributed by atoms with Crippen molar-refractivity contribution in [2.45, 2.75) is 68.7 Å². The van der Waals surface area contributed by atoms with Crippen LogP contribution in [0.3, 0.4) is 0 Å². The molecule has 0 radical (unpaired) electrons. The van der Waals surface area contributed by atoms with Gasteiger partial charge in [0.05, 0.1) is 19.7 Å². The molecule has 0 bridgehead atoms. The summed E-state index contributed by atoms with van der Waals surface area (Å²) in [5.41, 5.74) is 0.0130. The van der Waals surface area contributed by atoms with Crippen molar-refractivity contribution in [3.05, 3.63) is 53.9 Å². The van der Waals surface area contributed by atoms with Gasteiger partial charge in [0.2, 0.25) is 0 Å². The minimum atomic E-state index is -1.57. The summed E-state index contributed by atoms with van der Waals surface area (Å²) in [5, 5.41) is 16.0. The molecule has 6 rings (SSSR count). The molecule has 1 spiro atoms. The predicted octanol–water partition coefficient (Wildman–Crippen LogP) is 2.52. The molecule has 3 fully saturated rings. The molecule has 1 amide bonds. The van der Waals surface area contributed by atoms with Crippen LogP contribution in [0.15, 0.2) is 42.6 Å². The number of nitrogens with zero attached hydrogens (tertiary/aromatic N) is 3. The third-order valence-electron chi connectivity index (χ3n) is 10.1. The van der Waals surface area contributed by atoms with Crippen LogP contribution in [0.25, 0.3) is 0 Å². The van der Waals surface area contributed by atoms with Gasteiger partial charge in [0.15, 0.2) is 0 Å². The molecule has 1 saturated carbocycles. The van der Waals surface area contributed by atoms with E-state index in [4.69, 9.17) is 9.47 Å². The third kappa shape index (κ3) is 3.48. The minimum Gasteiger partial charge on any atom is -0.497 e. The number of hydrogen-bond acceptors (Lipinski definition) is 8. The Hall–Kier alpha value is -3.17. The highest BCUT2D eigenvalue weighted by Crippen LogP contribution is 2.68. The van der Waals surface area contributed by atoms with Gasteiger partial charge in [-0.15, -0.1) is 0 Å². The number of methoxy groups -OCH3 is 1. The lowest BCUT2D eigenvalue weighted by atomic mass is 9.46. The van der Waals surface area contributed by atoms with Crippen molar-refractivity contribution < 1.29 is 24.2 Å². The first-order valence-corrected chi connectivity index (χ1v) is 14.0. The molecule has 2 saturated heterocycles. The Balaban J connectivity index is 1.54. The number of likely N-dealkylation sites (N-methyl/N-ethyl adjacent to an activating group) is 1. The second-order valence-corrected chi connectivity index (χ2v) is 11.7. The fourth-order valence-corrected chi connectivity index (χ4v) is 8.95. The van der Waals surface area contributed by atoms with Gasteiger partial charge in [0.1, 0.15) is 23.1 Å². The Labute approximate surface area is 229 Å². The number of aromatic nitrogens is 1. The van der Waals surface area contributed by atoms with E-state index in [0.29, 0.717) is 0 Å². The molecular formula is C30H38N4O5. The predicted molar refractivity (Wildman–Crippen MR) is 146 cm³/mol. The quantitative estimate of drug-likeness (QED) is 0.545. The molecule has 4 aliphatic rings. The Kier molecular flexibility index (Phi) is 6.15. The van der Waals surface area contributed by atoms with Gasteiger partial charge in [-0.25, -0.2) is 0 Å².